The van der Waals surface area contributed by atoms with Crippen LogP contribution in [-0.4, -0.2) is 24.0 Å². The van der Waals surface area contributed by atoms with E-state index in [4.69, 9.17) is 0 Å². The standard InChI is InChI=1S/C17H18N2OS/c1-2-13-7-10-3-4-11(8-16(10)21-13)17(20)19-15-9-12-5-6-14(15)18-12/h2-4,7-8,12,14-15,18H,1,5-6,9H2,(H,19,20)/t12-,14+,15-/m1/s1. The molecule has 2 aliphatic rings. The van der Waals surface area contributed by atoms with E-state index in [2.05, 4.69) is 23.3 Å². The van der Waals surface area contributed by atoms with Crippen LogP contribution in [0.3, 0.4) is 0 Å². The van der Waals surface area contributed by atoms with Crippen LogP contribution < -0.4 is 10.6 Å². The molecule has 2 saturated heterocycles. The average Bonchev–Trinajstić information content (AvgIpc) is 3.20. The Kier molecular flexibility index (Phi) is 3.08. The van der Waals surface area contributed by atoms with Crippen molar-refractivity contribution in [2.45, 2.75) is 37.4 Å². The molecular weight excluding hydrogens is 280 g/mol. The van der Waals surface area contributed by atoms with Gasteiger partial charge in [0, 0.05) is 33.3 Å². The van der Waals surface area contributed by atoms with Crippen molar-refractivity contribution in [3.8, 4) is 0 Å². The summed E-state index contributed by atoms with van der Waals surface area (Å²) in [5, 5.41) is 7.92. The Morgan fingerprint density at radius 2 is 2.29 bits per heavy atom. The Morgan fingerprint density at radius 1 is 1.38 bits per heavy atom. The van der Waals surface area contributed by atoms with Gasteiger partial charge in [-0.15, -0.1) is 11.3 Å². The van der Waals surface area contributed by atoms with Gasteiger partial charge < -0.3 is 10.6 Å². The molecule has 1 amide bonds. The number of rotatable bonds is 3. The number of hydrogen-bond acceptors (Lipinski definition) is 3. The lowest BCUT2D eigenvalue weighted by Gasteiger charge is -2.21. The summed E-state index contributed by atoms with van der Waals surface area (Å²) in [6.07, 6.45) is 5.36. The van der Waals surface area contributed by atoms with Crippen LogP contribution in [0.15, 0.2) is 30.8 Å². The Hall–Kier alpha value is -1.65. The van der Waals surface area contributed by atoms with Gasteiger partial charge in [0.25, 0.3) is 5.91 Å². The maximum absolute atomic E-state index is 12.4. The van der Waals surface area contributed by atoms with Crippen LogP contribution in [0.1, 0.15) is 34.5 Å². The molecule has 4 heteroatoms. The molecule has 3 heterocycles. The second-order valence-electron chi connectivity index (χ2n) is 5.97. The molecule has 1 aromatic heterocycles. The number of carbonyl (C=O) groups excluding carboxylic acids is 1. The van der Waals surface area contributed by atoms with Gasteiger partial charge >= 0.3 is 0 Å². The van der Waals surface area contributed by atoms with Crippen LogP contribution in [0.4, 0.5) is 0 Å². The molecular formula is C17H18N2OS. The van der Waals surface area contributed by atoms with Gasteiger partial charge in [0.15, 0.2) is 0 Å². The van der Waals surface area contributed by atoms with Gasteiger partial charge in [0.2, 0.25) is 0 Å². The van der Waals surface area contributed by atoms with Gasteiger partial charge in [0.1, 0.15) is 0 Å². The number of thiophene rings is 1. The predicted octanol–water partition coefficient (Wildman–Crippen LogP) is 3.17. The maximum atomic E-state index is 12.4. The third-order valence-electron chi connectivity index (χ3n) is 4.62. The molecule has 2 aromatic rings. The van der Waals surface area contributed by atoms with Crippen molar-refractivity contribution in [1.29, 1.82) is 0 Å². The molecule has 108 valence electrons. The highest BCUT2D eigenvalue weighted by Gasteiger charge is 2.39. The van der Waals surface area contributed by atoms with Gasteiger partial charge in [-0.3, -0.25) is 4.79 Å². The molecule has 4 rings (SSSR count). The second-order valence-corrected chi connectivity index (χ2v) is 7.08. The average molecular weight is 298 g/mol. The van der Waals surface area contributed by atoms with Crippen molar-refractivity contribution in [3.63, 3.8) is 0 Å². The number of fused-ring (bicyclic) bond motifs is 3. The lowest BCUT2D eigenvalue weighted by Crippen LogP contribution is -2.42. The maximum Gasteiger partial charge on any atom is 0.251 e. The van der Waals surface area contributed by atoms with Gasteiger partial charge in [-0.1, -0.05) is 18.7 Å². The summed E-state index contributed by atoms with van der Waals surface area (Å²) in [4.78, 5) is 13.6. The molecule has 0 unspecified atom stereocenters. The van der Waals surface area contributed by atoms with Gasteiger partial charge in [-0.2, -0.15) is 0 Å². The summed E-state index contributed by atoms with van der Waals surface area (Å²) < 4.78 is 1.14. The van der Waals surface area contributed by atoms with E-state index in [1.165, 1.54) is 18.2 Å². The monoisotopic (exact) mass is 298 g/mol. The fourth-order valence-corrected chi connectivity index (χ4v) is 4.48. The van der Waals surface area contributed by atoms with Crippen molar-refractivity contribution in [2.75, 3.05) is 0 Å². The van der Waals surface area contributed by atoms with Crippen LogP contribution in [-0.2, 0) is 0 Å². The first-order valence-electron chi connectivity index (χ1n) is 7.46. The van der Waals surface area contributed by atoms with E-state index >= 15 is 0 Å². The minimum atomic E-state index is 0.0461. The molecule has 1 aromatic carbocycles. The summed E-state index contributed by atoms with van der Waals surface area (Å²) in [5.41, 5.74) is 0.753. The SMILES string of the molecule is C=Cc1cc2ccc(C(=O)N[C@@H]3C[C@H]4CC[C@@H]3N4)cc2s1. The third kappa shape index (κ3) is 2.28. The minimum absolute atomic E-state index is 0.0461. The molecule has 0 aliphatic carbocycles. The molecule has 0 spiro atoms. The number of nitrogens with one attached hydrogen (secondary N) is 2. The number of hydrogen-bond donors (Lipinski definition) is 2. The van der Waals surface area contributed by atoms with E-state index in [1.807, 2.05) is 24.3 Å². The highest BCUT2D eigenvalue weighted by molar-refractivity contribution is 7.19. The summed E-state index contributed by atoms with van der Waals surface area (Å²) in [7, 11) is 0. The fourth-order valence-electron chi connectivity index (χ4n) is 3.53. The summed E-state index contributed by atoms with van der Waals surface area (Å²) in [6, 6.07) is 9.40. The quantitative estimate of drug-likeness (QED) is 0.914. The first-order chi connectivity index (χ1) is 10.2. The molecule has 2 fully saturated rings. The zero-order valence-electron chi connectivity index (χ0n) is 11.8. The van der Waals surface area contributed by atoms with Gasteiger partial charge in [-0.05, 0) is 42.8 Å². The van der Waals surface area contributed by atoms with Crippen molar-refractivity contribution in [2.24, 2.45) is 0 Å². The van der Waals surface area contributed by atoms with Gasteiger partial charge in [0.05, 0.1) is 0 Å². The topological polar surface area (TPSA) is 41.1 Å². The Bertz CT molecular complexity index is 721. The lowest BCUT2D eigenvalue weighted by atomic mass is 9.95. The van der Waals surface area contributed by atoms with Gasteiger partial charge in [-0.25, -0.2) is 0 Å². The van der Waals surface area contributed by atoms with Crippen molar-refractivity contribution >= 4 is 33.4 Å². The molecule has 2 N–H and O–H groups in total. The van der Waals surface area contributed by atoms with E-state index in [1.54, 1.807) is 11.3 Å². The highest BCUT2D eigenvalue weighted by atomic mass is 32.1. The van der Waals surface area contributed by atoms with E-state index in [9.17, 15) is 4.79 Å². The number of amides is 1. The zero-order valence-corrected chi connectivity index (χ0v) is 12.6. The molecule has 0 saturated carbocycles. The normalized spacial score (nSPS) is 27.1. The third-order valence-corrected chi connectivity index (χ3v) is 5.71. The Morgan fingerprint density at radius 3 is 3.00 bits per heavy atom. The first-order valence-corrected chi connectivity index (χ1v) is 8.27. The van der Waals surface area contributed by atoms with Crippen molar-refractivity contribution in [3.05, 3.63) is 41.3 Å². The summed E-state index contributed by atoms with van der Waals surface area (Å²) in [5.74, 6) is 0.0461. The minimum Gasteiger partial charge on any atom is -0.348 e. The lowest BCUT2D eigenvalue weighted by molar-refractivity contribution is 0.0931. The van der Waals surface area contributed by atoms with E-state index in [0.717, 1.165) is 21.6 Å². The van der Waals surface area contributed by atoms with E-state index < -0.39 is 0 Å². The number of benzene rings is 1. The second kappa shape index (κ2) is 4.97. The largest absolute Gasteiger partial charge is 0.348 e. The molecule has 3 atom stereocenters. The van der Waals surface area contributed by atoms with Crippen LogP contribution in [0, 0.1) is 0 Å². The van der Waals surface area contributed by atoms with Crippen molar-refractivity contribution in [1.82, 2.24) is 10.6 Å². The van der Waals surface area contributed by atoms with E-state index in [0.29, 0.717) is 18.1 Å². The molecule has 3 nitrogen and oxygen atoms in total. The van der Waals surface area contributed by atoms with Crippen LogP contribution in [0.25, 0.3) is 16.2 Å². The molecule has 21 heavy (non-hydrogen) atoms. The van der Waals surface area contributed by atoms with Crippen LogP contribution in [0.5, 0.6) is 0 Å². The Balaban J connectivity index is 1.54. The summed E-state index contributed by atoms with van der Waals surface area (Å²) in [6.45, 7) is 3.80. The number of carbonyl (C=O) groups is 1. The zero-order chi connectivity index (χ0) is 14.4. The summed E-state index contributed by atoms with van der Waals surface area (Å²) >= 11 is 1.67. The van der Waals surface area contributed by atoms with Crippen molar-refractivity contribution < 1.29 is 4.79 Å². The first kappa shape index (κ1) is 13.0. The molecule has 2 aliphatic heterocycles. The van der Waals surface area contributed by atoms with E-state index in [-0.39, 0.29) is 5.91 Å². The molecule has 2 bridgehead atoms. The fraction of sp³-hybridized carbons (Fsp3) is 0.353. The van der Waals surface area contributed by atoms with Crippen LogP contribution in [0.2, 0.25) is 0 Å². The highest BCUT2D eigenvalue weighted by Crippen LogP contribution is 2.29. The predicted molar refractivity (Wildman–Crippen MR) is 87.7 cm³/mol. The van der Waals surface area contributed by atoms with Crippen LogP contribution >= 0.6 is 11.3 Å². The molecule has 0 radical (unpaired) electrons. The Labute approximate surface area is 128 Å². The smallest absolute Gasteiger partial charge is 0.251 e.